The van der Waals surface area contributed by atoms with E-state index in [1.54, 1.807) is 0 Å². The number of hydrogen-bond donors (Lipinski definition) is 2. The number of nitrogens with one attached hydrogen (secondary N) is 1. The van der Waals surface area contributed by atoms with E-state index < -0.39 is 16.3 Å². The summed E-state index contributed by atoms with van der Waals surface area (Å²) in [4.78, 5) is 0. The third-order valence-electron chi connectivity index (χ3n) is 2.78. The monoisotopic (exact) mass is 302 g/mol. The summed E-state index contributed by atoms with van der Waals surface area (Å²) >= 11 is 0. The maximum absolute atomic E-state index is 12.0. The number of ether oxygens (including phenoxy) is 1. The van der Waals surface area contributed by atoms with Crippen LogP contribution in [0.3, 0.4) is 0 Å². The zero-order valence-corrected chi connectivity index (χ0v) is 12.6. The van der Waals surface area contributed by atoms with Crippen molar-refractivity contribution in [1.29, 1.82) is 0 Å². The second kappa shape index (κ2) is 8.33. The van der Waals surface area contributed by atoms with Crippen LogP contribution in [-0.2, 0) is 21.5 Å². The minimum Gasteiger partial charge on any atom is -0.391 e. The Labute approximate surface area is 120 Å². The van der Waals surface area contributed by atoms with Crippen molar-refractivity contribution in [3.8, 4) is 0 Å². The minimum atomic E-state index is -3.54. The zero-order valence-electron chi connectivity index (χ0n) is 11.8. The maximum Gasteiger partial charge on any atom is 0.279 e. The molecule has 1 unspecified atom stereocenters. The molecule has 7 heteroatoms. The molecule has 0 aliphatic heterocycles. The lowest BCUT2D eigenvalue weighted by atomic mass is 10.2. The van der Waals surface area contributed by atoms with Gasteiger partial charge in [-0.05, 0) is 12.0 Å². The van der Waals surface area contributed by atoms with Gasteiger partial charge in [-0.3, -0.25) is 0 Å². The normalized spacial score (nSPS) is 13.6. The van der Waals surface area contributed by atoms with Gasteiger partial charge in [0.1, 0.15) is 0 Å². The molecule has 2 N–H and O–H groups in total. The lowest BCUT2D eigenvalue weighted by Gasteiger charge is -2.18. The number of nitrogens with zero attached hydrogens (tertiary/aromatic N) is 1. The van der Waals surface area contributed by atoms with E-state index in [2.05, 4.69) is 4.72 Å². The molecular weight excluding hydrogens is 280 g/mol. The van der Waals surface area contributed by atoms with Crippen LogP contribution in [0, 0.1) is 0 Å². The highest BCUT2D eigenvalue weighted by Crippen LogP contribution is 2.05. The van der Waals surface area contributed by atoms with Gasteiger partial charge < -0.3 is 9.84 Å². The van der Waals surface area contributed by atoms with E-state index in [0.29, 0.717) is 13.0 Å². The Morgan fingerprint density at radius 1 is 1.35 bits per heavy atom. The van der Waals surface area contributed by atoms with Crippen molar-refractivity contribution >= 4 is 10.2 Å². The van der Waals surface area contributed by atoms with Gasteiger partial charge in [0, 0.05) is 27.2 Å². The summed E-state index contributed by atoms with van der Waals surface area (Å²) in [7, 11) is -0.536. The predicted octanol–water partition coefficient (Wildman–Crippen LogP) is 0.350. The Bertz CT molecular complexity index is 478. The smallest absolute Gasteiger partial charge is 0.279 e. The van der Waals surface area contributed by atoms with Gasteiger partial charge in [0.2, 0.25) is 0 Å². The Hall–Kier alpha value is -0.990. The van der Waals surface area contributed by atoms with Gasteiger partial charge in [-0.15, -0.1) is 0 Å². The molecule has 0 saturated carbocycles. The van der Waals surface area contributed by atoms with Crippen LogP contribution in [-0.4, -0.2) is 51.2 Å². The fourth-order valence-electron chi connectivity index (χ4n) is 1.67. The third-order valence-corrected chi connectivity index (χ3v) is 4.30. The van der Waals surface area contributed by atoms with Crippen LogP contribution >= 0.6 is 0 Å². The van der Waals surface area contributed by atoms with E-state index in [1.807, 2.05) is 30.3 Å². The van der Waals surface area contributed by atoms with Gasteiger partial charge in [-0.25, -0.2) is 4.72 Å². The molecular formula is C13H22N2O4S. The molecule has 0 aliphatic rings. The molecule has 1 aromatic carbocycles. The van der Waals surface area contributed by atoms with E-state index in [-0.39, 0.29) is 13.2 Å². The second-order valence-electron chi connectivity index (χ2n) is 4.54. The summed E-state index contributed by atoms with van der Waals surface area (Å²) in [5, 5.41) is 9.45. The van der Waals surface area contributed by atoms with Crippen molar-refractivity contribution in [2.45, 2.75) is 19.1 Å². The first-order valence-corrected chi connectivity index (χ1v) is 7.81. The van der Waals surface area contributed by atoms with Crippen LogP contribution in [0.25, 0.3) is 0 Å². The Morgan fingerprint density at radius 3 is 2.60 bits per heavy atom. The largest absolute Gasteiger partial charge is 0.391 e. The van der Waals surface area contributed by atoms with Gasteiger partial charge >= 0.3 is 0 Å². The molecule has 0 amide bonds. The number of aliphatic hydroxyl groups excluding tert-OH is 1. The van der Waals surface area contributed by atoms with E-state index in [9.17, 15) is 13.5 Å². The molecule has 114 valence electrons. The van der Waals surface area contributed by atoms with Crippen molar-refractivity contribution in [3.05, 3.63) is 35.9 Å². The summed E-state index contributed by atoms with van der Waals surface area (Å²) in [6, 6.07) is 9.35. The van der Waals surface area contributed by atoms with E-state index in [0.717, 1.165) is 5.56 Å². The molecule has 0 bridgehead atoms. The standard InChI is InChI=1S/C13H22N2O4S/c1-15(10-12-6-4-3-5-7-12)20(17,18)14-9-8-13(16)11-19-2/h3-7,13-14,16H,8-11H2,1-2H3. The van der Waals surface area contributed by atoms with Crippen molar-refractivity contribution in [2.75, 3.05) is 27.3 Å². The number of benzene rings is 1. The first-order chi connectivity index (χ1) is 9.45. The van der Waals surface area contributed by atoms with E-state index >= 15 is 0 Å². The highest BCUT2D eigenvalue weighted by molar-refractivity contribution is 7.87. The summed E-state index contributed by atoms with van der Waals surface area (Å²) < 4.78 is 32.4. The number of methoxy groups -OCH3 is 1. The minimum absolute atomic E-state index is 0.173. The van der Waals surface area contributed by atoms with Gasteiger partial charge in [-0.2, -0.15) is 12.7 Å². The van der Waals surface area contributed by atoms with Crippen molar-refractivity contribution in [3.63, 3.8) is 0 Å². The van der Waals surface area contributed by atoms with E-state index in [4.69, 9.17) is 4.74 Å². The number of hydrogen-bond acceptors (Lipinski definition) is 4. The van der Waals surface area contributed by atoms with Crippen LogP contribution in [0.4, 0.5) is 0 Å². The van der Waals surface area contributed by atoms with Crippen molar-refractivity contribution < 1.29 is 18.3 Å². The molecule has 1 atom stereocenters. The topological polar surface area (TPSA) is 78.9 Å². The number of aliphatic hydroxyl groups is 1. The SMILES string of the molecule is COCC(O)CCNS(=O)(=O)N(C)Cc1ccccc1. The molecule has 0 fully saturated rings. The van der Waals surface area contributed by atoms with Crippen LogP contribution in [0.1, 0.15) is 12.0 Å². The first kappa shape index (κ1) is 17.1. The summed E-state index contributed by atoms with van der Waals surface area (Å²) in [5.41, 5.74) is 0.916. The average Bonchev–Trinajstić information content (AvgIpc) is 2.40. The van der Waals surface area contributed by atoms with Crippen LogP contribution in [0.5, 0.6) is 0 Å². The molecule has 0 spiro atoms. The summed E-state index contributed by atoms with van der Waals surface area (Å²) in [6.07, 6.45) is -0.353. The second-order valence-corrected chi connectivity index (χ2v) is 6.40. The average molecular weight is 302 g/mol. The Morgan fingerprint density at radius 2 is 2.00 bits per heavy atom. The Balaban J connectivity index is 2.43. The van der Waals surface area contributed by atoms with Gasteiger partial charge in [0.05, 0.1) is 12.7 Å². The first-order valence-electron chi connectivity index (χ1n) is 6.37. The van der Waals surface area contributed by atoms with Gasteiger partial charge in [0.25, 0.3) is 10.2 Å². The quantitative estimate of drug-likeness (QED) is 0.690. The lowest BCUT2D eigenvalue weighted by molar-refractivity contribution is 0.0603. The molecule has 0 heterocycles. The molecule has 1 rings (SSSR count). The van der Waals surface area contributed by atoms with Gasteiger partial charge in [-0.1, -0.05) is 30.3 Å². The molecule has 0 saturated heterocycles. The summed E-state index contributed by atoms with van der Waals surface area (Å²) in [5.74, 6) is 0. The summed E-state index contributed by atoms with van der Waals surface area (Å²) in [6.45, 7) is 0.671. The molecule has 0 radical (unpaired) electrons. The highest BCUT2D eigenvalue weighted by Gasteiger charge is 2.17. The fraction of sp³-hybridized carbons (Fsp3) is 0.538. The third kappa shape index (κ3) is 5.98. The van der Waals surface area contributed by atoms with Crippen LogP contribution < -0.4 is 4.72 Å². The van der Waals surface area contributed by atoms with E-state index in [1.165, 1.54) is 18.5 Å². The maximum atomic E-state index is 12.0. The molecule has 6 nitrogen and oxygen atoms in total. The predicted molar refractivity (Wildman–Crippen MR) is 77.3 cm³/mol. The molecule has 0 aromatic heterocycles. The molecule has 20 heavy (non-hydrogen) atoms. The highest BCUT2D eigenvalue weighted by atomic mass is 32.2. The van der Waals surface area contributed by atoms with Crippen molar-refractivity contribution in [2.24, 2.45) is 0 Å². The molecule has 1 aromatic rings. The van der Waals surface area contributed by atoms with Crippen LogP contribution in [0.2, 0.25) is 0 Å². The lowest BCUT2D eigenvalue weighted by Crippen LogP contribution is -2.39. The zero-order chi connectivity index (χ0) is 15.0. The Kier molecular flexibility index (Phi) is 7.11. The molecule has 0 aliphatic carbocycles. The fourth-order valence-corrected chi connectivity index (χ4v) is 2.58. The van der Waals surface area contributed by atoms with Crippen molar-refractivity contribution in [1.82, 2.24) is 9.03 Å². The van der Waals surface area contributed by atoms with Crippen LogP contribution in [0.15, 0.2) is 30.3 Å². The van der Waals surface area contributed by atoms with Gasteiger partial charge in [0.15, 0.2) is 0 Å². The number of rotatable bonds is 9.